The molecule has 0 amide bonds. The number of carbonyl (C=O) groups excluding carboxylic acids is 2. The number of Topliss-reactive ketones (excluding diaryl/α,β-unsaturated/α-hetero) is 1. The highest BCUT2D eigenvalue weighted by Crippen LogP contribution is 2.38. The standard InChI is InChI=1S/C23H14BrFO4/c1-13-9-17(28-23(27)15-6-4-7-16(25)10-15)12-19-21(13)22(26)20(29-19)11-14-5-2-3-8-18(14)24/h2-12H,1H3/b20-11-. The summed E-state index contributed by atoms with van der Waals surface area (Å²) in [7, 11) is 0. The Bertz CT molecular complexity index is 1180. The molecule has 0 unspecified atom stereocenters. The number of carbonyl (C=O) groups is 2. The Morgan fingerprint density at radius 1 is 1.10 bits per heavy atom. The molecule has 1 aliphatic rings. The van der Waals surface area contributed by atoms with Gasteiger partial charge >= 0.3 is 5.97 Å². The quantitative estimate of drug-likeness (QED) is 0.289. The predicted octanol–water partition coefficient (Wildman–Crippen LogP) is 5.73. The van der Waals surface area contributed by atoms with Crippen LogP contribution in [0, 0.1) is 12.7 Å². The number of ether oxygens (including phenoxy) is 2. The largest absolute Gasteiger partial charge is 0.452 e. The summed E-state index contributed by atoms with van der Waals surface area (Å²) < 4.78 is 25.3. The van der Waals surface area contributed by atoms with Crippen LogP contribution in [0.2, 0.25) is 0 Å². The van der Waals surface area contributed by atoms with Crippen LogP contribution in [-0.4, -0.2) is 11.8 Å². The summed E-state index contributed by atoms with van der Waals surface area (Å²) in [4.78, 5) is 25.0. The lowest BCUT2D eigenvalue weighted by Crippen LogP contribution is -2.09. The lowest BCUT2D eigenvalue weighted by atomic mass is 10.0. The summed E-state index contributed by atoms with van der Waals surface area (Å²) in [5, 5.41) is 0. The third-order valence-corrected chi connectivity index (χ3v) is 5.13. The molecule has 3 aromatic carbocycles. The smallest absolute Gasteiger partial charge is 0.343 e. The topological polar surface area (TPSA) is 52.6 Å². The number of ketones is 1. The second kappa shape index (κ2) is 7.64. The van der Waals surface area contributed by atoms with Crippen molar-refractivity contribution in [2.45, 2.75) is 6.92 Å². The molecule has 0 spiro atoms. The molecule has 0 aliphatic carbocycles. The lowest BCUT2D eigenvalue weighted by Gasteiger charge is -2.08. The van der Waals surface area contributed by atoms with E-state index < -0.39 is 11.8 Å². The summed E-state index contributed by atoms with van der Waals surface area (Å²) in [5.74, 6) is -0.752. The van der Waals surface area contributed by atoms with E-state index >= 15 is 0 Å². The molecule has 0 bridgehead atoms. The average Bonchev–Trinajstić information content (AvgIpc) is 2.99. The third-order valence-electron chi connectivity index (χ3n) is 4.41. The minimum absolute atomic E-state index is 0.0923. The van der Waals surface area contributed by atoms with Crippen molar-refractivity contribution in [3.8, 4) is 11.5 Å². The van der Waals surface area contributed by atoms with E-state index in [0.29, 0.717) is 16.9 Å². The zero-order chi connectivity index (χ0) is 20.5. The van der Waals surface area contributed by atoms with E-state index in [0.717, 1.165) is 16.1 Å². The van der Waals surface area contributed by atoms with Gasteiger partial charge in [0.15, 0.2) is 5.76 Å². The van der Waals surface area contributed by atoms with E-state index in [1.807, 2.05) is 24.3 Å². The van der Waals surface area contributed by atoms with E-state index in [-0.39, 0.29) is 22.9 Å². The van der Waals surface area contributed by atoms with Crippen molar-refractivity contribution in [1.82, 2.24) is 0 Å². The second-order valence-electron chi connectivity index (χ2n) is 6.47. The van der Waals surface area contributed by atoms with E-state index in [2.05, 4.69) is 15.9 Å². The highest BCUT2D eigenvalue weighted by atomic mass is 79.9. The minimum atomic E-state index is -0.697. The molecule has 6 heteroatoms. The molecule has 1 heterocycles. The summed E-state index contributed by atoms with van der Waals surface area (Å²) in [5.41, 5.74) is 1.94. The fourth-order valence-corrected chi connectivity index (χ4v) is 3.45. The SMILES string of the molecule is Cc1cc(OC(=O)c2cccc(F)c2)cc2c1C(=O)/C(=C/c1ccccc1Br)O2. The van der Waals surface area contributed by atoms with Crippen molar-refractivity contribution < 1.29 is 23.5 Å². The number of esters is 1. The van der Waals surface area contributed by atoms with Crippen molar-refractivity contribution >= 4 is 33.8 Å². The number of benzene rings is 3. The molecule has 0 saturated carbocycles. The minimum Gasteiger partial charge on any atom is -0.452 e. The van der Waals surface area contributed by atoms with Crippen LogP contribution in [0.4, 0.5) is 4.39 Å². The Morgan fingerprint density at radius 2 is 1.90 bits per heavy atom. The first-order valence-electron chi connectivity index (χ1n) is 8.73. The van der Waals surface area contributed by atoms with Gasteiger partial charge in [0.05, 0.1) is 11.1 Å². The highest BCUT2D eigenvalue weighted by Gasteiger charge is 2.30. The average molecular weight is 453 g/mol. The molecule has 4 rings (SSSR count). The van der Waals surface area contributed by atoms with E-state index in [1.54, 1.807) is 19.1 Å². The molecular formula is C23H14BrFO4. The normalized spacial score (nSPS) is 13.9. The molecule has 1 aliphatic heterocycles. The van der Waals surface area contributed by atoms with Gasteiger partial charge in [-0.1, -0.05) is 40.2 Å². The van der Waals surface area contributed by atoms with Crippen molar-refractivity contribution in [1.29, 1.82) is 0 Å². The zero-order valence-corrected chi connectivity index (χ0v) is 16.8. The second-order valence-corrected chi connectivity index (χ2v) is 7.33. The number of allylic oxidation sites excluding steroid dienone is 1. The molecule has 29 heavy (non-hydrogen) atoms. The van der Waals surface area contributed by atoms with E-state index in [1.165, 1.54) is 24.3 Å². The molecule has 0 radical (unpaired) electrons. The zero-order valence-electron chi connectivity index (χ0n) is 15.2. The van der Waals surface area contributed by atoms with Crippen molar-refractivity contribution in [2.24, 2.45) is 0 Å². The molecule has 0 saturated heterocycles. The third kappa shape index (κ3) is 3.84. The number of halogens is 2. The monoisotopic (exact) mass is 452 g/mol. The van der Waals surface area contributed by atoms with Gasteiger partial charge in [-0.15, -0.1) is 0 Å². The Balaban J connectivity index is 1.63. The fourth-order valence-electron chi connectivity index (χ4n) is 3.05. The highest BCUT2D eigenvalue weighted by molar-refractivity contribution is 9.10. The van der Waals surface area contributed by atoms with Crippen LogP contribution in [0.5, 0.6) is 11.5 Å². The number of hydrogen-bond acceptors (Lipinski definition) is 4. The summed E-state index contributed by atoms with van der Waals surface area (Å²) in [6.45, 7) is 1.74. The van der Waals surface area contributed by atoms with Crippen LogP contribution in [0.25, 0.3) is 6.08 Å². The molecule has 144 valence electrons. The Kier molecular flexibility index (Phi) is 5.03. The van der Waals surface area contributed by atoms with Crippen LogP contribution in [0.15, 0.2) is 70.9 Å². The van der Waals surface area contributed by atoms with Crippen LogP contribution < -0.4 is 9.47 Å². The maximum atomic E-state index is 13.3. The first kappa shape index (κ1) is 19.1. The van der Waals surface area contributed by atoms with Crippen LogP contribution in [-0.2, 0) is 0 Å². The van der Waals surface area contributed by atoms with Crippen LogP contribution >= 0.6 is 15.9 Å². The molecule has 0 atom stereocenters. The Hall–Kier alpha value is -3.25. The maximum Gasteiger partial charge on any atom is 0.343 e. The molecule has 3 aromatic rings. The Morgan fingerprint density at radius 3 is 2.66 bits per heavy atom. The van der Waals surface area contributed by atoms with Crippen molar-refractivity contribution in [2.75, 3.05) is 0 Å². The molecular weight excluding hydrogens is 439 g/mol. The van der Waals surface area contributed by atoms with E-state index in [4.69, 9.17) is 9.47 Å². The van der Waals surface area contributed by atoms with Gasteiger partial charge in [-0.3, -0.25) is 4.79 Å². The van der Waals surface area contributed by atoms with Gasteiger partial charge in [0, 0.05) is 10.5 Å². The van der Waals surface area contributed by atoms with Gasteiger partial charge < -0.3 is 9.47 Å². The van der Waals surface area contributed by atoms with Gasteiger partial charge in [0.1, 0.15) is 17.3 Å². The van der Waals surface area contributed by atoms with E-state index in [9.17, 15) is 14.0 Å². The lowest BCUT2D eigenvalue weighted by molar-refractivity contribution is 0.0734. The maximum absolute atomic E-state index is 13.3. The first-order valence-corrected chi connectivity index (χ1v) is 9.53. The summed E-state index contributed by atoms with van der Waals surface area (Å²) >= 11 is 3.44. The van der Waals surface area contributed by atoms with Crippen molar-refractivity contribution in [3.05, 3.63) is 99.0 Å². The summed E-state index contributed by atoms with van der Waals surface area (Å²) in [6.07, 6.45) is 1.66. The number of hydrogen-bond donors (Lipinski definition) is 0. The van der Waals surface area contributed by atoms with Gasteiger partial charge in [0.25, 0.3) is 0 Å². The Labute approximate surface area is 174 Å². The van der Waals surface area contributed by atoms with Gasteiger partial charge in [-0.05, 0) is 54.5 Å². The van der Waals surface area contributed by atoms with Crippen LogP contribution in [0.3, 0.4) is 0 Å². The van der Waals surface area contributed by atoms with Gasteiger partial charge in [0.2, 0.25) is 5.78 Å². The number of rotatable bonds is 3. The number of fused-ring (bicyclic) bond motifs is 1. The first-order chi connectivity index (χ1) is 13.9. The predicted molar refractivity (Wildman–Crippen MR) is 110 cm³/mol. The molecule has 0 fully saturated rings. The number of aryl methyl sites for hydroxylation is 1. The fraction of sp³-hybridized carbons (Fsp3) is 0.0435. The van der Waals surface area contributed by atoms with Crippen LogP contribution in [0.1, 0.15) is 31.8 Å². The van der Waals surface area contributed by atoms with Gasteiger partial charge in [-0.2, -0.15) is 0 Å². The van der Waals surface area contributed by atoms with Crippen molar-refractivity contribution in [3.63, 3.8) is 0 Å². The molecule has 0 N–H and O–H groups in total. The molecule has 0 aromatic heterocycles. The van der Waals surface area contributed by atoms with Gasteiger partial charge in [-0.25, -0.2) is 9.18 Å². The summed E-state index contributed by atoms with van der Waals surface area (Å²) in [6, 6.07) is 15.8. The molecule has 4 nitrogen and oxygen atoms in total.